The van der Waals surface area contributed by atoms with Crippen LogP contribution in [0, 0.1) is 0 Å². The number of hydrogen-bond acceptors (Lipinski definition) is 11. The Labute approximate surface area is 236 Å². The molecular formula is C28H31ClN4O7. The molecule has 2 aliphatic rings. The number of fused-ring (bicyclic) bond motifs is 1. The molecule has 0 radical (unpaired) electrons. The summed E-state index contributed by atoms with van der Waals surface area (Å²) in [4.78, 5) is 41.3. The minimum Gasteiger partial charge on any atom is -0.493 e. The molecule has 1 aliphatic heterocycles. The van der Waals surface area contributed by atoms with Gasteiger partial charge in [0, 0.05) is 29.5 Å². The van der Waals surface area contributed by atoms with Crippen molar-refractivity contribution in [2.75, 3.05) is 31.5 Å². The van der Waals surface area contributed by atoms with E-state index < -0.39 is 22.9 Å². The van der Waals surface area contributed by atoms with Crippen molar-refractivity contribution in [3.8, 4) is 5.75 Å². The molecule has 2 N–H and O–H groups in total. The summed E-state index contributed by atoms with van der Waals surface area (Å²) in [6, 6.07) is 6.13. The van der Waals surface area contributed by atoms with Gasteiger partial charge in [0.1, 0.15) is 29.9 Å². The largest absolute Gasteiger partial charge is 0.493 e. The van der Waals surface area contributed by atoms with Crippen LogP contribution >= 0.6 is 11.8 Å². The number of carbonyl (C=O) groups excluding carboxylic acids is 1. The lowest BCUT2D eigenvalue weighted by Gasteiger charge is -2.29. The first-order valence-electron chi connectivity index (χ1n) is 12.7. The second-order valence-corrected chi connectivity index (χ2v) is 9.64. The Hall–Kier alpha value is -4.25. The molecule has 0 bridgehead atoms. The molecule has 2 aromatic carbocycles. The third-order valence-electron chi connectivity index (χ3n) is 6.18. The van der Waals surface area contributed by atoms with Crippen LogP contribution in [0.5, 0.6) is 5.75 Å². The van der Waals surface area contributed by atoms with Crippen LogP contribution in [0.3, 0.4) is 0 Å². The smallest absolute Gasteiger partial charge is 0.328 e. The van der Waals surface area contributed by atoms with Crippen LogP contribution in [0.25, 0.3) is 0 Å². The summed E-state index contributed by atoms with van der Waals surface area (Å²) in [6.45, 7) is 5.35. The molecule has 0 saturated heterocycles. The third-order valence-corrected chi connectivity index (χ3v) is 6.44. The second kappa shape index (κ2) is 12.3. The van der Waals surface area contributed by atoms with Gasteiger partial charge in [-0.25, -0.2) is 9.21 Å². The molecule has 0 aromatic heterocycles. The quantitative estimate of drug-likeness (QED) is 0.223. The lowest BCUT2D eigenvalue weighted by Crippen LogP contribution is -2.42. The van der Waals surface area contributed by atoms with E-state index in [0.29, 0.717) is 17.3 Å². The molecule has 1 unspecified atom stereocenters. The van der Waals surface area contributed by atoms with Crippen molar-refractivity contribution < 1.29 is 23.7 Å². The van der Waals surface area contributed by atoms with Gasteiger partial charge >= 0.3 is 5.97 Å². The second-order valence-electron chi connectivity index (χ2n) is 9.28. The molecule has 1 heterocycles. The predicted molar refractivity (Wildman–Crippen MR) is 152 cm³/mol. The molecule has 1 aliphatic carbocycles. The number of aliphatic imine (C=N–C) groups is 1. The van der Waals surface area contributed by atoms with Gasteiger partial charge in [0.2, 0.25) is 0 Å². The first-order chi connectivity index (χ1) is 19.2. The van der Waals surface area contributed by atoms with E-state index in [1.807, 2.05) is 36.4 Å². The van der Waals surface area contributed by atoms with Gasteiger partial charge < -0.3 is 29.6 Å². The van der Waals surface area contributed by atoms with Gasteiger partial charge in [0.05, 0.1) is 26.9 Å². The van der Waals surface area contributed by atoms with Crippen molar-refractivity contribution >= 4 is 35.5 Å². The highest BCUT2D eigenvalue weighted by Gasteiger charge is 2.30. The molecule has 0 saturated carbocycles. The minimum atomic E-state index is -0.906. The Morgan fingerprint density at radius 1 is 1.10 bits per heavy atom. The molecule has 40 heavy (non-hydrogen) atoms. The highest BCUT2D eigenvalue weighted by molar-refractivity contribution is 6.20. The first kappa shape index (κ1) is 28.8. The highest BCUT2D eigenvalue weighted by atomic mass is 35.5. The molecule has 2 aromatic rings. The van der Waals surface area contributed by atoms with E-state index in [1.165, 1.54) is 10.8 Å². The number of rotatable bonds is 12. The summed E-state index contributed by atoms with van der Waals surface area (Å²) < 4.78 is 22.9. The average molecular weight is 571 g/mol. The Balaban J connectivity index is 1.53. The van der Waals surface area contributed by atoms with Crippen molar-refractivity contribution in [2.45, 2.75) is 45.4 Å². The van der Waals surface area contributed by atoms with Crippen LogP contribution in [0.2, 0.25) is 0 Å². The van der Waals surface area contributed by atoms with Crippen molar-refractivity contribution in [3.05, 3.63) is 85.3 Å². The normalized spacial score (nSPS) is 17.2. The van der Waals surface area contributed by atoms with Crippen LogP contribution < -0.4 is 26.2 Å². The van der Waals surface area contributed by atoms with Crippen molar-refractivity contribution in [1.82, 2.24) is 4.42 Å². The van der Waals surface area contributed by atoms with E-state index in [1.54, 1.807) is 35.0 Å². The number of carbonyl (C=O) groups is 1. The Morgan fingerprint density at radius 3 is 2.42 bits per heavy atom. The highest BCUT2D eigenvalue weighted by Crippen LogP contribution is 2.32. The van der Waals surface area contributed by atoms with E-state index >= 15 is 0 Å². The van der Waals surface area contributed by atoms with Crippen molar-refractivity contribution in [1.29, 1.82) is 0 Å². The van der Waals surface area contributed by atoms with Crippen LogP contribution in [-0.4, -0.2) is 55.7 Å². The molecule has 12 heteroatoms. The first-order valence-corrected chi connectivity index (χ1v) is 13.0. The van der Waals surface area contributed by atoms with E-state index in [2.05, 4.69) is 15.6 Å². The summed E-state index contributed by atoms with van der Waals surface area (Å²) >= 11 is 6.43. The van der Waals surface area contributed by atoms with Gasteiger partial charge in [-0.1, -0.05) is 12.1 Å². The topological polar surface area (TPSA) is 128 Å². The molecular weight excluding hydrogens is 540 g/mol. The number of nitrogens with one attached hydrogen (secondary N) is 2. The number of halogens is 1. The average Bonchev–Trinajstić information content (AvgIpc) is 2.95. The Bertz CT molecular complexity index is 1450. The molecule has 11 nitrogen and oxygen atoms in total. The number of benzene rings is 1. The minimum absolute atomic E-state index is 0.0131. The molecule has 2 atom stereocenters. The van der Waals surface area contributed by atoms with E-state index in [4.69, 9.17) is 30.7 Å². The predicted octanol–water partition coefficient (Wildman–Crippen LogP) is 3.22. The van der Waals surface area contributed by atoms with Gasteiger partial charge in [0.15, 0.2) is 17.3 Å². The maximum absolute atomic E-state index is 12.7. The monoisotopic (exact) mass is 570 g/mol. The molecule has 0 amide bonds. The molecule has 0 fully saturated rings. The number of ether oxygens (including phenoxy) is 4. The molecule has 4 rings (SSSR count). The fourth-order valence-corrected chi connectivity index (χ4v) is 4.46. The van der Waals surface area contributed by atoms with Gasteiger partial charge in [-0.2, -0.15) is 0 Å². The van der Waals surface area contributed by atoms with Crippen molar-refractivity contribution in [3.63, 3.8) is 0 Å². The molecule has 212 valence electrons. The number of anilines is 2. The summed E-state index contributed by atoms with van der Waals surface area (Å²) in [5.41, 5.74) is 0.859. The standard InChI is InChI=1S/C28H31ClN4O7/c1-6-39-28(36)20(32-23-24(34)25(35)26(23)40-15(2)3)11-16-7-9-17(10-8-16)31-27-18-12-21(37-4)22(38-5)13-19(18)30-14-33(27)29/h7-10,12-15,19-20,31-32H,6,11H2,1-5H3/t19-,20?/m0/s1. The SMILES string of the molecule is CCOC(=O)C(Cc1ccc(NC2=C3C=C(OC)C(OC)=C[C@@H]3N=CN2Cl)cc1)Nc1c(OC(C)C)c(=O)c1=O. The number of esters is 1. The number of methoxy groups -OCH3 is 2. The van der Waals surface area contributed by atoms with Gasteiger partial charge in [-0.05, 0) is 50.6 Å². The summed E-state index contributed by atoms with van der Waals surface area (Å²) in [5, 5.41) is 6.19. The van der Waals surface area contributed by atoms with Crippen LogP contribution in [0.4, 0.5) is 11.4 Å². The van der Waals surface area contributed by atoms with Gasteiger partial charge in [0.25, 0.3) is 10.9 Å². The zero-order valence-corrected chi connectivity index (χ0v) is 23.6. The summed E-state index contributed by atoms with van der Waals surface area (Å²) in [6.07, 6.45) is 5.07. The lowest BCUT2D eigenvalue weighted by atomic mass is 9.99. The maximum Gasteiger partial charge on any atom is 0.328 e. The van der Waals surface area contributed by atoms with Crippen LogP contribution in [-0.2, 0) is 25.4 Å². The lowest BCUT2D eigenvalue weighted by molar-refractivity contribution is -0.144. The van der Waals surface area contributed by atoms with E-state index in [-0.39, 0.29) is 36.6 Å². The van der Waals surface area contributed by atoms with Gasteiger partial charge in [-0.15, -0.1) is 0 Å². The van der Waals surface area contributed by atoms with Gasteiger partial charge in [-0.3, -0.25) is 14.6 Å². The number of nitrogens with zero attached hydrogens (tertiary/aromatic N) is 2. The molecule has 0 spiro atoms. The maximum atomic E-state index is 12.7. The zero-order valence-electron chi connectivity index (χ0n) is 22.8. The summed E-state index contributed by atoms with van der Waals surface area (Å²) in [5.74, 6) is 1.11. The fraction of sp³-hybridized carbons (Fsp3) is 0.357. The Morgan fingerprint density at radius 2 is 1.80 bits per heavy atom. The number of hydrogen-bond donors (Lipinski definition) is 2. The zero-order chi connectivity index (χ0) is 29.0. The van der Waals surface area contributed by atoms with E-state index in [0.717, 1.165) is 16.8 Å². The van der Waals surface area contributed by atoms with Crippen molar-refractivity contribution in [2.24, 2.45) is 4.99 Å². The summed E-state index contributed by atoms with van der Waals surface area (Å²) in [7, 11) is 3.12. The van der Waals surface area contributed by atoms with E-state index in [9.17, 15) is 14.4 Å². The third kappa shape index (κ3) is 5.99. The van der Waals surface area contributed by atoms with Crippen LogP contribution in [0.15, 0.2) is 73.9 Å². The fourth-order valence-electron chi connectivity index (χ4n) is 4.27. The van der Waals surface area contributed by atoms with Crippen LogP contribution in [0.1, 0.15) is 26.3 Å². The Kier molecular flexibility index (Phi) is 8.83.